The van der Waals surface area contributed by atoms with Crippen molar-refractivity contribution in [3.63, 3.8) is 0 Å². The number of aromatic nitrogens is 2. The fourth-order valence-electron chi connectivity index (χ4n) is 2.87. The van der Waals surface area contributed by atoms with Gasteiger partial charge in [0.15, 0.2) is 0 Å². The summed E-state index contributed by atoms with van der Waals surface area (Å²) in [6.45, 7) is 3.72. The number of benzene rings is 2. The van der Waals surface area contributed by atoms with E-state index >= 15 is 0 Å². The summed E-state index contributed by atoms with van der Waals surface area (Å²) in [6, 6.07) is 11.9. The van der Waals surface area contributed by atoms with Crippen LogP contribution in [0.15, 0.2) is 52.2 Å². The van der Waals surface area contributed by atoms with Crippen LogP contribution in [-0.2, 0) is 16.6 Å². The molecule has 8 heteroatoms. The lowest BCUT2D eigenvalue weighted by molar-refractivity contribution is 0.388. The first-order valence-corrected chi connectivity index (χ1v) is 9.93. The minimum atomic E-state index is -3.83. The molecule has 0 saturated heterocycles. The third-order valence-electron chi connectivity index (χ3n) is 4.28. The molecule has 0 atom stereocenters. The Balaban J connectivity index is 2.03. The molecule has 7 nitrogen and oxygen atoms in total. The standard InChI is InChI=1S/C19H21N3O4S/c1-4-22(27(24,25)17-11-13(2)9-10-16(17)26-3)12-18-20-15-8-6-5-7-14(15)19(23)21-18/h5-11H,4,12H2,1-3H3,(H,20,21,23). The van der Waals surface area contributed by atoms with E-state index in [1.165, 1.54) is 11.4 Å². The largest absolute Gasteiger partial charge is 0.495 e. The quantitative estimate of drug-likeness (QED) is 0.701. The van der Waals surface area contributed by atoms with Crippen LogP contribution in [0.5, 0.6) is 5.75 Å². The van der Waals surface area contributed by atoms with E-state index in [1.54, 1.807) is 49.4 Å². The first kappa shape index (κ1) is 19.1. The Bertz CT molecular complexity index is 1140. The number of aryl methyl sites for hydroxylation is 1. The number of H-pyrrole nitrogens is 1. The number of hydrogen-bond donors (Lipinski definition) is 1. The average molecular weight is 387 g/mol. The minimum absolute atomic E-state index is 0.0456. The zero-order valence-electron chi connectivity index (χ0n) is 15.4. The molecule has 0 spiro atoms. The van der Waals surface area contributed by atoms with Crippen LogP contribution in [-0.4, -0.2) is 36.3 Å². The summed E-state index contributed by atoms with van der Waals surface area (Å²) in [5.74, 6) is 0.565. The van der Waals surface area contributed by atoms with Crippen molar-refractivity contribution in [1.29, 1.82) is 0 Å². The molecule has 1 heterocycles. The molecule has 142 valence electrons. The molecule has 0 bridgehead atoms. The highest BCUT2D eigenvalue weighted by atomic mass is 32.2. The number of sulfonamides is 1. The molecule has 3 rings (SSSR count). The number of para-hydroxylation sites is 1. The molecule has 0 amide bonds. The van der Waals surface area contributed by atoms with Crippen molar-refractivity contribution in [1.82, 2.24) is 14.3 Å². The monoisotopic (exact) mass is 387 g/mol. The summed E-state index contributed by atoms with van der Waals surface area (Å²) in [4.78, 5) is 19.4. The lowest BCUT2D eigenvalue weighted by Gasteiger charge is -2.21. The van der Waals surface area contributed by atoms with Crippen molar-refractivity contribution in [3.8, 4) is 5.75 Å². The van der Waals surface area contributed by atoms with E-state index in [0.717, 1.165) is 5.56 Å². The molecule has 0 fully saturated rings. The molecule has 1 N–H and O–H groups in total. The van der Waals surface area contributed by atoms with Crippen LogP contribution < -0.4 is 10.3 Å². The van der Waals surface area contributed by atoms with Gasteiger partial charge in [-0.25, -0.2) is 13.4 Å². The Morgan fingerprint density at radius 3 is 2.63 bits per heavy atom. The highest BCUT2D eigenvalue weighted by molar-refractivity contribution is 7.89. The van der Waals surface area contributed by atoms with Crippen LogP contribution in [0, 0.1) is 6.92 Å². The minimum Gasteiger partial charge on any atom is -0.495 e. The first-order valence-electron chi connectivity index (χ1n) is 8.49. The smallest absolute Gasteiger partial charge is 0.258 e. The van der Waals surface area contributed by atoms with Gasteiger partial charge in [0.2, 0.25) is 10.0 Å². The summed E-state index contributed by atoms with van der Waals surface area (Å²) >= 11 is 0. The van der Waals surface area contributed by atoms with Crippen molar-refractivity contribution in [3.05, 3.63) is 64.2 Å². The molecule has 0 aliphatic rings. The number of ether oxygens (including phenoxy) is 1. The number of methoxy groups -OCH3 is 1. The molecular weight excluding hydrogens is 366 g/mol. The Hall–Kier alpha value is -2.71. The predicted octanol–water partition coefficient (Wildman–Crippen LogP) is 2.45. The molecule has 0 radical (unpaired) electrons. The Labute approximate surface area is 157 Å². The molecule has 1 aromatic heterocycles. The fourth-order valence-corrected chi connectivity index (χ4v) is 4.52. The number of nitrogens with zero attached hydrogens (tertiary/aromatic N) is 2. The van der Waals surface area contributed by atoms with Gasteiger partial charge >= 0.3 is 0 Å². The number of nitrogens with one attached hydrogen (secondary N) is 1. The van der Waals surface area contributed by atoms with Crippen LogP contribution in [0.25, 0.3) is 10.9 Å². The van der Waals surface area contributed by atoms with Gasteiger partial charge in [-0.15, -0.1) is 0 Å². The second-order valence-corrected chi connectivity index (χ2v) is 8.02. The van der Waals surface area contributed by atoms with Gasteiger partial charge < -0.3 is 9.72 Å². The van der Waals surface area contributed by atoms with E-state index in [9.17, 15) is 13.2 Å². The summed E-state index contributed by atoms with van der Waals surface area (Å²) in [5, 5.41) is 0.465. The molecule has 0 unspecified atom stereocenters. The van der Waals surface area contributed by atoms with Crippen LogP contribution >= 0.6 is 0 Å². The Morgan fingerprint density at radius 1 is 1.19 bits per heavy atom. The van der Waals surface area contributed by atoms with Gasteiger partial charge in [0.25, 0.3) is 5.56 Å². The van der Waals surface area contributed by atoms with Crippen LogP contribution in [0.4, 0.5) is 0 Å². The maximum absolute atomic E-state index is 13.2. The van der Waals surface area contributed by atoms with Gasteiger partial charge in [-0.2, -0.15) is 4.31 Å². The van der Waals surface area contributed by atoms with E-state index in [1.807, 2.05) is 6.92 Å². The molecular formula is C19H21N3O4S. The molecule has 0 saturated carbocycles. The van der Waals surface area contributed by atoms with Gasteiger partial charge in [-0.1, -0.05) is 25.1 Å². The number of hydrogen-bond acceptors (Lipinski definition) is 5. The van der Waals surface area contributed by atoms with Gasteiger partial charge in [0.1, 0.15) is 16.5 Å². The van der Waals surface area contributed by atoms with E-state index < -0.39 is 10.0 Å². The Morgan fingerprint density at radius 2 is 1.93 bits per heavy atom. The van der Waals surface area contributed by atoms with Crippen LogP contribution in [0.2, 0.25) is 0 Å². The Kier molecular flexibility index (Phi) is 5.29. The van der Waals surface area contributed by atoms with Gasteiger partial charge in [0, 0.05) is 6.54 Å². The van der Waals surface area contributed by atoms with Crippen molar-refractivity contribution in [2.24, 2.45) is 0 Å². The fraction of sp³-hybridized carbons (Fsp3) is 0.263. The molecule has 2 aromatic carbocycles. The zero-order valence-corrected chi connectivity index (χ0v) is 16.2. The second kappa shape index (κ2) is 7.50. The second-order valence-electron chi connectivity index (χ2n) is 6.12. The molecule has 0 aliphatic carbocycles. The lowest BCUT2D eigenvalue weighted by Crippen LogP contribution is -2.32. The normalized spacial score (nSPS) is 11.9. The zero-order chi connectivity index (χ0) is 19.6. The third-order valence-corrected chi connectivity index (χ3v) is 6.22. The van der Waals surface area contributed by atoms with Crippen molar-refractivity contribution in [2.75, 3.05) is 13.7 Å². The number of aromatic amines is 1. The van der Waals surface area contributed by atoms with E-state index in [0.29, 0.717) is 10.9 Å². The van der Waals surface area contributed by atoms with Crippen LogP contribution in [0.1, 0.15) is 18.3 Å². The average Bonchev–Trinajstić information content (AvgIpc) is 2.66. The molecule has 0 aliphatic heterocycles. The van der Waals surface area contributed by atoms with Gasteiger partial charge in [-0.3, -0.25) is 4.79 Å². The lowest BCUT2D eigenvalue weighted by atomic mass is 10.2. The van der Waals surface area contributed by atoms with Crippen molar-refractivity contribution >= 4 is 20.9 Å². The maximum Gasteiger partial charge on any atom is 0.258 e. The van der Waals surface area contributed by atoms with Crippen molar-refractivity contribution in [2.45, 2.75) is 25.3 Å². The van der Waals surface area contributed by atoms with Crippen LogP contribution in [0.3, 0.4) is 0 Å². The third kappa shape index (κ3) is 3.72. The molecule has 3 aromatic rings. The first-order chi connectivity index (χ1) is 12.9. The summed E-state index contributed by atoms with van der Waals surface area (Å²) in [7, 11) is -2.40. The maximum atomic E-state index is 13.2. The summed E-state index contributed by atoms with van der Waals surface area (Å²) in [6.07, 6.45) is 0. The summed E-state index contributed by atoms with van der Waals surface area (Å²) < 4.78 is 32.8. The van der Waals surface area contributed by atoms with E-state index in [-0.39, 0.29) is 35.1 Å². The predicted molar refractivity (Wildman–Crippen MR) is 103 cm³/mol. The highest BCUT2D eigenvalue weighted by Gasteiger charge is 2.27. The number of rotatable bonds is 6. The van der Waals surface area contributed by atoms with E-state index in [4.69, 9.17) is 4.74 Å². The van der Waals surface area contributed by atoms with Gasteiger partial charge in [-0.05, 0) is 36.8 Å². The van der Waals surface area contributed by atoms with Gasteiger partial charge in [0.05, 0.1) is 24.6 Å². The SMILES string of the molecule is CCN(Cc1nc2ccccc2c(=O)[nH]1)S(=O)(=O)c1cc(C)ccc1OC. The topological polar surface area (TPSA) is 92.4 Å². The highest BCUT2D eigenvalue weighted by Crippen LogP contribution is 2.28. The molecule has 27 heavy (non-hydrogen) atoms. The number of fused-ring (bicyclic) bond motifs is 1. The van der Waals surface area contributed by atoms with E-state index in [2.05, 4.69) is 9.97 Å². The van der Waals surface area contributed by atoms with Crippen molar-refractivity contribution < 1.29 is 13.2 Å². The summed E-state index contributed by atoms with van der Waals surface area (Å²) in [5.41, 5.74) is 1.04.